The Kier molecular flexibility index (Phi) is 9.56. The number of aryl methyl sites for hydroxylation is 3. The Morgan fingerprint density at radius 2 is 1.59 bits per heavy atom. The lowest BCUT2D eigenvalue weighted by atomic mass is 9.98. The van der Waals surface area contributed by atoms with Crippen molar-refractivity contribution in [3.8, 4) is 5.75 Å². The molecule has 0 unspecified atom stereocenters. The second-order valence-corrected chi connectivity index (χ2v) is 9.68. The van der Waals surface area contributed by atoms with Crippen molar-refractivity contribution in [2.75, 3.05) is 13.2 Å². The second-order valence-electron chi connectivity index (χ2n) is 9.68. The third-order valence-corrected chi connectivity index (χ3v) is 6.74. The summed E-state index contributed by atoms with van der Waals surface area (Å²) in [5.41, 5.74) is 1.44. The van der Waals surface area contributed by atoms with Crippen molar-refractivity contribution < 1.29 is 40.6 Å². The maximum absolute atomic E-state index is 15.2. The maximum Gasteiger partial charge on any atom is 0.573 e. The van der Waals surface area contributed by atoms with Crippen molar-refractivity contribution in [2.24, 2.45) is 5.92 Å². The van der Waals surface area contributed by atoms with E-state index in [1.165, 1.54) is 0 Å². The van der Waals surface area contributed by atoms with Crippen LogP contribution in [0.3, 0.4) is 0 Å². The number of hydrogen-bond donors (Lipinski definition) is 0. The van der Waals surface area contributed by atoms with Crippen LogP contribution in [-0.4, -0.2) is 25.9 Å². The number of rotatable bonds is 10. The van der Waals surface area contributed by atoms with Gasteiger partial charge in [0, 0.05) is 17.7 Å². The van der Waals surface area contributed by atoms with Crippen molar-refractivity contribution in [1.29, 1.82) is 0 Å². The SMILES string of the molecule is C/C=C/CCC1COC(CCc2ccc3c(F)c(CCc4cc(F)c(OC(F)(F)F)c(F)c4)ccc3c2)OC1. The van der Waals surface area contributed by atoms with Crippen molar-refractivity contribution in [3.05, 3.63) is 88.8 Å². The zero-order valence-electron chi connectivity index (χ0n) is 21.5. The van der Waals surface area contributed by atoms with Gasteiger partial charge in [0.1, 0.15) is 5.82 Å². The highest BCUT2D eigenvalue weighted by atomic mass is 19.4. The topological polar surface area (TPSA) is 27.7 Å². The smallest absolute Gasteiger partial charge is 0.399 e. The molecule has 0 spiro atoms. The molecule has 3 aromatic carbocycles. The van der Waals surface area contributed by atoms with E-state index in [-0.39, 0.29) is 24.7 Å². The number of halogens is 6. The van der Waals surface area contributed by atoms with Gasteiger partial charge in [-0.05, 0) is 73.2 Å². The highest BCUT2D eigenvalue weighted by Gasteiger charge is 2.34. The highest BCUT2D eigenvalue weighted by molar-refractivity contribution is 5.84. The van der Waals surface area contributed by atoms with Gasteiger partial charge in [-0.15, -0.1) is 13.2 Å². The highest BCUT2D eigenvalue weighted by Crippen LogP contribution is 2.30. The van der Waals surface area contributed by atoms with Gasteiger partial charge in [0.15, 0.2) is 17.9 Å². The Labute approximate surface area is 223 Å². The fraction of sp³-hybridized carbons (Fsp3) is 0.400. The molecule has 3 aromatic rings. The summed E-state index contributed by atoms with van der Waals surface area (Å²) in [5.74, 6) is -4.50. The van der Waals surface area contributed by atoms with Gasteiger partial charge in [0.05, 0.1) is 13.2 Å². The average Bonchev–Trinajstić information content (AvgIpc) is 2.89. The first-order valence-corrected chi connectivity index (χ1v) is 12.9. The van der Waals surface area contributed by atoms with Gasteiger partial charge < -0.3 is 14.2 Å². The molecule has 0 radical (unpaired) electrons. The molecule has 0 aromatic heterocycles. The van der Waals surface area contributed by atoms with Crippen LogP contribution in [0, 0.1) is 23.4 Å². The van der Waals surface area contributed by atoms with Crippen LogP contribution >= 0.6 is 0 Å². The molecule has 210 valence electrons. The minimum Gasteiger partial charge on any atom is -0.399 e. The summed E-state index contributed by atoms with van der Waals surface area (Å²) >= 11 is 0. The summed E-state index contributed by atoms with van der Waals surface area (Å²) < 4.78 is 95.3. The fourth-order valence-electron chi connectivity index (χ4n) is 4.68. The van der Waals surface area contributed by atoms with Crippen molar-refractivity contribution >= 4 is 10.8 Å². The minimum atomic E-state index is -5.22. The Bertz CT molecular complexity index is 1270. The quantitative estimate of drug-likeness (QED) is 0.187. The van der Waals surface area contributed by atoms with Crippen LogP contribution in [0.15, 0.2) is 54.6 Å². The van der Waals surface area contributed by atoms with Crippen molar-refractivity contribution in [1.82, 2.24) is 0 Å². The lowest BCUT2D eigenvalue weighted by molar-refractivity contribution is -0.276. The van der Waals surface area contributed by atoms with E-state index in [0.717, 1.165) is 30.5 Å². The largest absolute Gasteiger partial charge is 0.573 e. The molecular weight excluding hydrogens is 522 g/mol. The van der Waals surface area contributed by atoms with Crippen molar-refractivity contribution in [2.45, 2.75) is 58.1 Å². The van der Waals surface area contributed by atoms with E-state index in [1.54, 1.807) is 18.2 Å². The van der Waals surface area contributed by atoms with Gasteiger partial charge in [-0.2, -0.15) is 0 Å². The molecule has 0 amide bonds. The molecule has 0 saturated carbocycles. The van der Waals surface area contributed by atoms with Gasteiger partial charge in [0.25, 0.3) is 0 Å². The zero-order valence-corrected chi connectivity index (χ0v) is 21.5. The summed E-state index contributed by atoms with van der Waals surface area (Å²) in [4.78, 5) is 0. The summed E-state index contributed by atoms with van der Waals surface area (Å²) in [6.07, 6.45) is 2.27. The minimum absolute atomic E-state index is 0.0260. The zero-order chi connectivity index (χ0) is 28.0. The van der Waals surface area contributed by atoms with Gasteiger partial charge >= 0.3 is 6.36 Å². The molecule has 1 heterocycles. The molecule has 1 saturated heterocycles. The third-order valence-electron chi connectivity index (χ3n) is 6.74. The molecule has 1 aliphatic rings. The fourth-order valence-corrected chi connectivity index (χ4v) is 4.68. The lowest BCUT2D eigenvalue weighted by Crippen LogP contribution is -2.32. The molecule has 9 heteroatoms. The van der Waals surface area contributed by atoms with Crippen LogP contribution in [-0.2, 0) is 28.7 Å². The monoisotopic (exact) mass is 552 g/mol. The van der Waals surface area contributed by atoms with Crippen LogP contribution in [0.25, 0.3) is 10.8 Å². The molecule has 3 nitrogen and oxygen atoms in total. The van der Waals surface area contributed by atoms with Crippen LogP contribution in [0.1, 0.15) is 42.9 Å². The second kappa shape index (κ2) is 12.9. The first kappa shape index (κ1) is 29.0. The van der Waals surface area contributed by atoms with Crippen LogP contribution < -0.4 is 4.74 Å². The Morgan fingerprint density at radius 1 is 0.872 bits per heavy atom. The Hall–Kier alpha value is -3.04. The summed E-state index contributed by atoms with van der Waals surface area (Å²) in [5, 5.41) is 1.13. The van der Waals surface area contributed by atoms with Gasteiger partial charge in [-0.3, -0.25) is 0 Å². The molecule has 4 rings (SSSR count). The number of alkyl halides is 3. The standard InChI is InChI=1S/C30H30F6O3/c1-2-3-4-5-21-17-37-27(38-18-21)13-8-19-7-12-24-23(14-19)11-10-22(28(24)33)9-6-20-15-25(31)29(26(32)16-20)39-30(34,35)36/h2-3,7,10-12,14-16,21,27H,4-6,8-9,13,17-18H2,1H3/b3-2+. The van der Waals surface area contributed by atoms with E-state index >= 15 is 4.39 Å². The van der Waals surface area contributed by atoms with Gasteiger partial charge in [-0.1, -0.05) is 42.5 Å². The molecule has 1 fully saturated rings. The summed E-state index contributed by atoms with van der Waals surface area (Å²) in [6, 6.07) is 10.4. The first-order valence-electron chi connectivity index (χ1n) is 12.9. The average molecular weight is 553 g/mol. The van der Waals surface area contributed by atoms with E-state index in [0.29, 0.717) is 48.3 Å². The van der Waals surface area contributed by atoms with E-state index in [1.807, 2.05) is 25.1 Å². The summed E-state index contributed by atoms with van der Waals surface area (Å²) in [6.45, 7) is 3.36. The number of allylic oxidation sites excluding steroid dienone is 2. The van der Waals surface area contributed by atoms with Crippen LogP contribution in [0.4, 0.5) is 26.3 Å². The Morgan fingerprint density at radius 3 is 2.26 bits per heavy atom. The molecular formula is C30H30F6O3. The van der Waals surface area contributed by atoms with E-state index in [9.17, 15) is 22.0 Å². The maximum atomic E-state index is 15.2. The molecule has 39 heavy (non-hydrogen) atoms. The molecule has 0 atom stereocenters. The predicted octanol–water partition coefficient (Wildman–Crippen LogP) is 8.22. The summed E-state index contributed by atoms with van der Waals surface area (Å²) in [7, 11) is 0. The number of ether oxygens (including phenoxy) is 3. The van der Waals surface area contributed by atoms with E-state index < -0.39 is 29.6 Å². The molecule has 1 aliphatic heterocycles. The van der Waals surface area contributed by atoms with Crippen LogP contribution in [0.5, 0.6) is 5.75 Å². The number of hydrogen-bond acceptors (Lipinski definition) is 3. The van der Waals surface area contributed by atoms with Gasteiger partial charge in [-0.25, -0.2) is 13.2 Å². The molecule has 0 bridgehead atoms. The lowest BCUT2D eigenvalue weighted by Gasteiger charge is -2.29. The van der Waals surface area contributed by atoms with E-state index in [4.69, 9.17) is 9.47 Å². The number of fused-ring (bicyclic) bond motifs is 1. The Balaban J connectivity index is 1.34. The third kappa shape index (κ3) is 7.99. The molecule has 0 N–H and O–H groups in total. The van der Waals surface area contributed by atoms with Crippen molar-refractivity contribution in [3.63, 3.8) is 0 Å². The normalized spacial score (nSPS) is 18.2. The molecule has 0 aliphatic carbocycles. The predicted molar refractivity (Wildman–Crippen MR) is 136 cm³/mol. The van der Waals surface area contributed by atoms with E-state index in [2.05, 4.69) is 10.8 Å². The van der Waals surface area contributed by atoms with Crippen LogP contribution in [0.2, 0.25) is 0 Å². The number of benzene rings is 3. The first-order chi connectivity index (χ1) is 18.6. The van der Waals surface area contributed by atoms with Gasteiger partial charge in [0.2, 0.25) is 5.75 Å².